The van der Waals surface area contributed by atoms with Gasteiger partial charge in [-0.25, -0.2) is 9.13 Å². The van der Waals surface area contributed by atoms with E-state index in [4.69, 9.17) is 18.8 Å². The molecule has 10 heteroatoms. The largest absolute Gasteiger partial charge is 0.471 e. The number of phosphoric ester groups is 2. The Kier molecular flexibility index (Phi) is 7.89. The summed E-state index contributed by atoms with van der Waals surface area (Å²) in [5, 5.41) is 0. The molecule has 1 aromatic carbocycles. The van der Waals surface area contributed by atoms with E-state index in [-0.39, 0.29) is 13.2 Å². The molecule has 22 heavy (non-hydrogen) atoms. The van der Waals surface area contributed by atoms with Crippen LogP contribution < -0.4 is 0 Å². The molecule has 126 valence electrons. The zero-order valence-corrected chi connectivity index (χ0v) is 14.2. The lowest BCUT2D eigenvalue weighted by Gasteiger charge is -2.10. The zero-order valence-electron chi connectivity index (χ0n) is 12.4. The topological polar surface area (TPSA) is 112 Å². The Morgan fingerprint density at radius 3 is 1.41 bits per heavy atom. The summed E-state index contributed by atoms with van der Waals surface area (Å²) in [6.45, 7) is 0.122. The van der Waals surface area contributed by atoms with E-state index in [0.29, 0.717) is 12.8 Å². The SMILES string of the molecule is COP(=O)(O)OCCc1ccc(CCOP(=O)(O)OC)cc1. The van der Waals surface area contributed by atoms with Crippen LogP contribution in [-0.4, -0.2) is 37.2 Å². The summed E-state index contributed by atoms with van der Waals surface area (Å²) >= 11 is 0. The summed E-state index contributed by atoms with van der Waals surface area (Å²) in [4.78, 5) is 18.1. The van der Waals surface area contributed by atoms with Gasteiger partial charge in [0, 0.05) is 14.2 Å². The summed E-state index contributed by atoms with van der Waals surface area (Å²) < 4.78 is 40.2. The molecule has 2 N–H and O–H groups in total. The lowest BCUT2D eigenvalue weighted by Crippen LogP contribution is -2.00. The van der Waals surface area contributed by atoms with Gasteiger partial charge in [-0.2, -0.15) is 0 Å². The second-order valence-electron chi connectivity index (χ2n) is 4.29. The van der Waals surface area contributed by atoms with Crippen LogP contribution in [0.4, 0.5) is 0 Å². The maximum atomic E-state index is 11.1. The van der Waals surface area contributed by atoms with Crippen LogP contribution in [0.1, 0.15) is 11.1 Å². The van der Waals surface area contributed by atoms with E-state index in [0.717, 1.165) is 25.3 Å². The minimum absolute atomic E-state index is 0.0611. The molecule has 0 aromatic heterocycles. The first-order chi connectivity index (χ1) is 10.3. The summed E-state index contributed by atoms with van der Waals surface area (Å²) in [6.07, 6.45) is 0.917. The van der Waals surface area contributed by atoms with Crippen molar-refractivity contribution in [3.05, 3.63) is 35.4 Å². The van der Waals surface area contributed by atoms with Crippen molar-refractivity contribution in [2.24, 2.45) is 0 Å². The first kappa shape index (κ1) is 19.5. The van der Waals surface area contributed by atoms with Crippen LogP contribution in [0.5, 0.6) is 0 Å². The van der Waals surface area contributed by atoms with Gasteiger partial charge in [0.05, 0.1) is 13.2 Å². The molecule has 0 bridgehead atoms. The fourth-order valence-electron chi connectivity index (χ4n) is 1.54. The lowest BCUT2D eigenvalue weighted by atomic mass is 10.1. The molecule has 0 aliphatic carbocycles. The van der Waals surface area contributed by atoms with Gasteiger partial charge in [0.1, 0.15) is 0 Å². The van der Waals surface area contributed by atoms with Crippen molar-refractivity contribution in [2.45, 2.75) is 12.8 Å². The second-order valence-corrected chi connectivity index (χ2v) is 7.41. The first-order valence-corrected chi connectivity index (χ1v) is 9.41. The highest BCUT2D eigenvalue weighted by molar-refractivity contribution is 7.47. The molecular weight excluding hydrogens is 334 g/mol. The average Bonchev–Trinajstić information content (AvgIpc) is 2.48. The Morgan fingerprint density at radius 1 is 0.818 bits per heavy atom. The summed E-state index contributed by atoms with van der Waals surface area (Å²) in [6, 6.07) is 7.34. The van der Waals surface area contributed by atoms with Crippen LogP contribution in [0.2, 0.25) is 0 Å². The molecule has 0 amide bonds. The number of rotatable bonds is 10. The highest BCUT2D eigenvalue weighted by atomic mass is 31.2. The predicted molar refractivity (Wildman–Crippen MR) is 79.4 cm³/mol. The fourth-order valence-corrected chi connectivity index (χ4v) is 2.39. The van der Waals surface area contributed by atoms with Crippen molar-refractivity contribution in [1.29, 1.82) is 0 Å². The van der Waals surface area contributed by atoms with Crippen LogP contribution in [0.25, 0.3) is 0 Å². The summed E-state index contributed by atoms with van der Waals surface area (Å²) in [5.74, 6) is 0. The Balaban J connectivity index is 2.37. The van der Waals surface area contributed by atoms with Crippen LogP contribution in [0, 0.1) is 0 Å². The maximum absolute atomic E-state index is 11.1. The molecule has 0 spiro atoms. The van der Waals surface area contributed by atoms with E-state index in [1.807, 2.05) is 24.3 Å². The molecule has 8 nitrogen and oxygen atoms in total. The summed E-state index contributed by atoms with van der Waals surface area (Å²) in [5.41, 5.74) is 1.84. The minimum Gasteiger partial charge on any atom is -0.303 e. The van der Waals surface area contributed by atoms with E-state index < -0.39 is 15.6 Å². The van der Waals surface area contributed by atoms with Crippen molar-refractivity contribution in [3.63, 3.8) is 0 Å². The third kappa shape index (κ3) is 7.63. The van der Waals surface area contributed by atoms with Gasteiger partial charge in [-0.1, -0.05) is 24.3 Å². The number of hydrogen-bond donors (Lipinski definition) is 2. The highest BCUT2D eigenvalue weighted by Gasteiger charge is 2.18. The third-order valence-corrected chi connectivity index (χ3v) is 4.72. The number of phosphoric acid groups is 2. The molecule has 1 aromatic rings. The molecule has 0 saturated carbocycles. The van der Waals surface area contributed by atoms with Gasteiger partial charge >= 0.3 is 15.6 Å². The van der Waals surface area contributed by atoms with Crippen molar-refractivity contribution in [1.82, 2.24) is 0 Å². The van der Waals surface area contributed by atoms with Gasteiger partial charge < -0.3 is 9.79 Å². The van der Waals surface area contributed by atoms with Gasteiger partial charge in [-0.3, -0.25) is 18.1 Å². The van der Waals surface area contributed by atoms with E-state index in [1.165, 1.54) is 0 Å². The molecule has 0 saturated heterocycles. The van der Waals surface area contributed by atoms with Crippen LogP contribution in [0.15, 0.2) is 24.3 Å². The van der Waals surface area contributed by atoms with Crippen LogP contribution in [-0.2, 0) is 40.1 Å². The third-order valence-electron chi connectivity index (χ3n) is 2.77. The molecular formula is C12H20O8P2. The highest BCUT2D eigenvalue weighted by Crippen LogP contribution is 2.42. The zero-order chi connectivity index (χ0) is 16.6. The fraction of sp³-hybridized carbons (Fsp3) is 0.500. The second kappa shape index (κ2) is 8.91. The number of hydrogen-bond acceptors (Lipinski definition) is 6. The maximum Gasteiger partial charge on any atom is 0.471 e. The average molecular weight is 354 g/mol. The van der Waals surface area contributed by atoms with Crippen molar-refractivity contribution >= 4 is 15.6 Å². The Morgan fingerprint density at radius 2 is 1.14 bits per heavy atom. The van der Waals surface area contributed by atoms with Crippen molar-refractivity contribution in [3.8, 4) is 0 Å². The molecule has 2 unspecified atom stereocenters. The first-order valence-electron chi connectivity index (χ1n) is 6.42. The van der Waals surface area contributed by atoms with Gasteiger partial charge in [0.15, 0.2) is 0 Å². The molecule has 2 atom stereocenters. The Bertz CT molecular complexity index is 496. The normalized spacial score (nSPS) is 16.9. The lowest BCUT2D eigenvalue weighted by molar-refractivity contribution is 0.173. The smallest absolute Gasteiger partial charge is 0.303 e. The van der Waals surface area contributed by atoms with E-state index in [9.17, 15) is 9.13 Å². The van der Waals surface area contributed by atoms with E-state index in [2.05, 4.69) is 9.05 Å². The Labute approximate surface area is 129 Å². The van der Waals surface area contributed by atoms with Crippen molar-refractivity contribution < 1.29 is 37.0 Å². The molecule has 0 aliphatic rings. The van der Waals surface area contributed by atoms with Gasteiger partial charge in [0.25, 0.3) is 0 Å². The van der Waals surface area contributed by atoms with E-state index in [1.54, 1.807) is 0 Å². The predicted octanol–water partition coefficient (Wildman–Crippen LogP) is 2.30. The molecule has 0 fully saturated rings. The quantitative estimate of drug-likeness (QED) is 0.616. The van der Waals surface area contributed by atoms with Crippen molar-refractivity contribution in [2.75, 3.05) is 27.4 Å². The molecule has 0 heterocycles. The van der Waals surface area contributed by atoms with Gasteiger partial charge in [-0.05, 0) is 24.0 Å². The van der Waals surface area contributed by atoms with Crippen LogP contribution >= 0.6 is 15.6 Å². The van der Waals surface area contributed by atoms with E-state index >= 15 is 0 Å². The van der Waals surface area contributed by atoms with Crippen LogP contribution in [0.3, 0.4) is 0 Å². The minimum atomic E-state index is -3.93. The monoisotopic (exact) mass is 354 g/mol. The summed E-state index contributed by atoms with van der Waals surface area (Å²) in [7, 11) is -5.66. The Hall–Kier alpha value is -0.560. The number of benzene rings is 1. The van der Waals surface area contributed by atoms with Gasteiger partial charge in [-0.15, -0.1) is 0 Å². The molecule has 1 rings (SSSR count). The standard InChI is InChI=1S/C12H20O8P2/c1-17-21(13,14)19-9-7-11-3-5-12(6-4-11)8-10-20-22(15,16)18-2/h3-6H,7-10H2,1-2H3,(H,13,14)(H,15,16). The van der Waals surface area contributed by atoms with Gasteiger partial charge in [0.2, 0.25) is 0 Å². The molecule has 0 radical (unpaired) electrons. The molecule has 0 aliphatic heterocycles.